The molecule has 1 aliphatic rings. The average Bonchev–Trinajstić information content (AvgIpc) is 2.78. The Hall–Kier alpha value is -2.08. The van der Waals surface area contributed by atoms with Crippen LogP contribution in [0.25, 0.3) is 0 Å². The normalized spacial score (nSPS) is 16.5. The van der Waals surface area contributed by atoms with Gasteiger partial charge in [0, 0.05) is 24.5 Å². The van der Waals surface area contributed by atoms with Crippen LogP contribution in [0.15, 0.2) is 24.3 Å². The Labute approximate surface area is 131 Å². The predicted molar refractivity (Wildman–Crippen MR) is 87.8 cm³/mol. The van der Waals surface area contributed by atoms with Crippen molar-refractivity contribution in [3.8, 4) is 0 Å². The lowest BCUT2D eigenvalue weighted by Crippen LogP contribution is -2.35. The van der Waals surface area contributed by atoms with Crippen molar-refractivity contribution >= 4 is 23.3 Å². The second-order valence-electron chi connectivity index (χ2n) is 5.69. The Bertz CT molecular complexity index is 505. The van der Waals surface area contributed by atoms with Crippen molar-refractivity contribution in [1.82, 2.24) is 4.90 Å². The monoisotopic (exact) mass is 304 g/mol. The number of hydrogen-bond acceptors (Lipinski definition) is 3. The van der Waals surface area contributed by atoms with E-state index in [0.29, 0.717) is 11.4 Å². The molecule has 22 heavy (non-hydrogen) atoms. The van der Waals surface area contributed by atoms with E-state index in [0.717, 1.165) is 25.9 Å². The van der Waals surface area contributed by atoms with Crippen molar-refractivity contribution in [2.45, 2.75) is 38.6 Å². The summed E-state index contributed by atoms with van der Waals surface area (Å²) in [6, 6.07) is 6.42. The van der Waals surface area contributed by atoms with Crippen molar-refractivity contribution in [2.24, 2.45) is 5.73 Å². The van der Waals surface area contributed by atoms with Gasteiger partial charge in [-0.3, -0.25) is 4.79 Å². The van der Waals surface area contributed by atoms with Crippen molar-refractivity contribution in [3.05, 3.63) is 24.3 Å². The Morgan fingerprint density at radius 1 is 1.00 bits per heavy atom. The van der Waals surface area contributed by atoms with E-state index >= 15 is 0 Å². The van der Waals surface area contributed by atoms with Crippen LogP contribution in [0.4, 0.5) is 16.2 Å². The lowest BCUT2D eigenvalue weighted by molar-refractivity contribution is -0.117. The third-order valence-electron chi connectivity index (χ3n) is 3.71. The van der Waals surface area contributed by atoms with E-state index in [1.54, 1.807) is 31.2 Å². The summed E-state index contributed by atoms with van der Waals surface area (Å²) in [5.41, 5.74) is 6.88. The number of urea groups is 1. The molecule has 2 rings (SSSR count). The van der Waals surface area contributed by atoms with Crippen LogP contribution in [0.2, 0.25) is 0 Å². The molecule has 120 valence electrons. The number of amides is 3. The molecule has 0 saturated carbocycles. The fourth-order valence-corrected chi connectivity index (χ4v) is 2.37. The van der Waals surface area contributed by atoms with E-state index in [4.69, 9.17) is 5.73 Å². The number of nitrogens with zero attached hydrogens (tertiary/aromatic N) is 1. The fraction of sp³-hybridized carbons (Fsp3) is 0.500. The highest BCUT2D eigenvalue weighted by atomic mass is 16.2. The van der Waals surface area contributed by atoms with E-state index in [-0.39, 0.29) is 11.9 Å². The highest BCUT2D eigenvalue weighted by Crippen LogP contribution is 2.16. The van der Waals surface area contributed by atoms with Gasteiger partial charge in [0.05, 0.1) is 6.04 Å². The maximum Gasteiger partial charge on any atom is 0.321 e. The summed E-state index contributed by atoms with van der Waals surface area (Å²) < 4.78 is 0. The molecule has 1 fully saturated rings. The largest absolute Gasteiger partial charge is 0.325 e. The molecule has 1 atom stereocenters. The van der Waals surface area contributed by atoms with Gasteiger partial charge in [0.2, 0.25) is 5.91 Å². The first-order chi connectivity index (χ1) is 10.6. The third kappa shape index (κ3) is 4.73. The molecule has 0 unspecified atom stereocenters. The van der Waals surface area contributed by atoms with Crippen LogP contribution in [-0.4, -0.2) is 36.0 Å². The number of likely N-dealkylation sites (tertiary alicyclic amines) is 1. The Morgan fingerprint density at radius 3 is 2.00 bits per heavy atom. The Balaban J connectivity index is 1.90. The minimum absolute atomic E-state index is 0.0609. The molecule has 0 aliphatic carbocycles. The second kappa shape index (κ2) is 7.79. The molecule has 6 nitrogen and oxygen atoms in total. The molecule has 6 heteroatoms. The standard InChI is InChI=1S/C16H24N4O2/c1-12(17)15(21)18-13-6-8-14(9-7-13)19-16(22)20-10-4-2-3-5-11-20/h6-9,12H,2-5,10-11,17H2,1H3,(H,18,21)(H,19,22)/t12-/m1/s1. The minimum atomic E-state index is -0.553. The van der Waals surface area contributed by atoms with Crippen LogP contribution in [0, 0.1) is 0 Å². The van der Waals surface area contributed by atoms with Crippen LogP contribution in [0.1, 0.15) is 32.6 Å². The first-order valence-corrected chi connectivity index (χ1v) is 7.79. The molecule has 0 spiro atoms. The number of benzene rings is 1. The lowest BCUT2D eigenvalue weighted by atomic mass is 10.2. The van der Waals surface area contributed by atoms with Gasteiger partial charge in [-0.15, -0.1) is 0 Å². The zero-order valence-electron chi connectivity index (χ0n) is 13.0. The van der Waals surface area contributed by atoms with Gasteiger partial charge in [0.1, 0.15) is 0 Å². The molecule has 1 aromatic rings. The first kappa shape index (κ1) is 16.3. The quantitative estimate of drug-likeness (QED) is 0.801. The van der Waals surface area contributed by atoms with Gasteiger partial charge in [-0.2, -0.15) is 0 Å². The molecule has 1 aromatic carbocycles. The summed E-state index contributed by atoms with van der Waals surface area (Å²) >= 11 is 0. The van der Waals surface area contributed by atoms with E-state index < -0.39 is 6.04 Å². The van der Waals surface area contributed by atoms with Crippen LogP contribution in [0.5, 0.6) is 0 Å². The second-order valence-corrected chi connectivity index (χ2v) is 5.69. The lowest BCUT2D eigenvalue weighted by Gasteiger charge is -2.20. The molecule has 1 saturated heterocycles. The summed E-state index contributed by atoms with van der Waals surface area (Å²) in [5, 5.41) is 5.60. The van der Waals surface area contributed by atoms with Crippen LogP contribution >= 0.6 is 0 Å². The minimum Gasteiger partial charge on any atom is -0.325 e. The summed E-state index contributed by atoms with van der Waals surface area (Å²) in [6.45, 7) is 3.26. The smallest absolute Gasteiger partial charge is 0.321 e. The summed E-state index contributed by atoms with van der Waals surface area (Å²) in [6.07, 6.45) is 4.51. The zero-order chi connectivity index (χ0) is 15.9. The zero-order valence-corrected chi connectivity index (χ0v) is 13.0. The van der Waals surface area contributed by atoms with Gasteiger partial charge < -0.3 is 21.3 Å². The molecule has 0 aromatic heterocycles. The van der Waals surface area contributed by atoms with Gasteiger partial charge in [0.15, 0.2) is 0 Å². The molecule has 3 amide bonds. The molecule has 4 N–H and O–H groups in total. The molecule has 0 radical (unpaired) electrons. The highest BCUT2D eigenvalue weighted by Gasteiger charge is 2.15. The molecular formula is C16H24N4O2. The number of hydrogen-bond donors (Lipinski definition) is 3. The average molecular weight is 304 g/mol. The highest BCUT2D eigenvalue weighted by molar-refractivity contribution is 5.95. The molecule has 1 heterocycles. The van der Waals surface area contributed by atoms with Crippen LogP contribution in [-0.2, 0) is 4.79 Å². The van der Waals surface area contributed by atoms with Gasteiger partial charge in [-0.25, -0.2) is 4.79 Å². The summed E-state index contributed by atoms with van der Waals surface area (Å²) in [5.74, 6) is -0.235. The maximum absolute atomic E-state index is 12.2. The van der Waals surface area contributed by atoms with E-state index in [1.807, 2.05) is 4.90 Å². The van der Waals surface area contributed by atoms with Gasteiger partial charge in [0.25, 0.3) is 0 Å². The predicted octanol–water partition coefficient (Wildman–Crippen LogP) is 2.38. The van der Waals surface area contributed by atoms with Gasteiger partial charge in [-0.05, 0) is 44.0 Å². The van der Waals surface area contributed by atoms with Gasteiger partial charge >= 0.3 is 6.03 Å². The first-order valence-electron chi connectivity index (χ1n) is 7.79. The SMILES string of the molecule is C[C@@H](N)C(=O)Nc1ccc(NC(=O)N2CCCCCC2)cc1. The number of rotatable bonds is 3. The fourth-order valence-electron chi connectivity index (χ4n) is 2.37. The van der Waals surface area contributed by atoms with E-state index in [1.165, 1.54) is 12.8 Å². The Kier molecular flexibility index (Phi) is 5.77. The molecular weight excluding hydrogens is 280 g/mol. The topological polar surface area (TPSA) is 87.5 Å². The van der Waals surface area contributed by atoms with E-state index in [2.05, 4.69) is 10.6 Å². The van der Waals surface area contributed by atoms with E-state index in [9.17, 15) is 9.59 Å². The summed E-state index contributed by atoms with van der Waals surface area (Å²) in [7, 11) is 0. The molecule has 0 bridgehead atoms. The summed E-state index contributed by atoms with van der Waals surface area (Å²) in [4.78, 5) is 25.6. The number of nitrogens with one attached hydrogen (secondary N) is 2. The van der Waals surface area contributed by atoms with Crippen molar-refractivity contribution in [3.63, 3.8) is 0 Å². The number of carbonyl (C=O) groups is 2. The number of anilines is 2. The van der Waals surface area contributed by atoms with Crippen molar-refractivity contribution in [2.75, 3.05) is 23.7 Å². The molecule has 1 aliphatic heterocycles. The number of carbonyl (C=O) groups excluding carboxylic acids is 2. The van der Waals surface area contributed by atoms with Crippen LogP contribution in [0.3, 0.4) is 0 Å². The van der Waals surface area contributed by atoms with Crippen LogP contribution < -0.4 is 16.4 Å². The maximum atomic E-state index is 12.2. The number of nitrogens with two attached hydrogens (primary N) is 1. The van der Waals surface area contributed by atoms with Crippen molar-refractivity contribution in [1.29, 1.82) is 0 Å². The van der Waals surface area contributed by atoms with Crippen molar-refractivity contribution < 1.29 is 9.59 Å². The Morgan fingerprint density at radius 2 is 1.50 bits per heavy atom. The van der Waals surface area contributed by atoms with Gasteiger partial charge in [-0.1, -0.05) is 12.8 Å². The third-order valence-corrected chi connectivity index (χ3v) is 3.71.